The van der Waals surface area contributed by atoms with Gasteiger partial charge in [0, 0.05) is 24.0 Å². The Morgan fingerprint density at radius 3 is 2.00 bits per heavy atom. The summed E-state index contributed by atoms with van der Waals surface area (Å²) in [6.45, 7) is 4.54. The molecule has 0 amide bonds. The second-order valence-corrected chi connectivity index (χ2v) is 5.30. The van der Waals surface area contributed by atoms with Gasteiger partial charge in [-0.2, -0.15) is 0 Å². The zero-order valence-electron chi connectivity index (χ0n) is 13.8. The Labute approximate surface area is 138 Å². The summed E-state index contributed by atoms with van der Waals surface area (Å²) in [6, 6.07) is 15.9. The number of hydrogen-bond donors (Lipinski definition) is 0. The molecule has 118 valence electrons. The van der Waals surface area contributed by atoms with E-state index in [1.807, 2.05) is 62.4 Å². The van der Waals surface area contributed by atoms with Gasteiger partial charge in [-0.05, 0) is 55.3 Å². The lowest BCUT2D eigenvalue weighted by Crippen LogP contribution is -1.97. The highest BCUT2D eigenvalue weighted by atomic mass is 16.5. The first kappa shape index (κ1) is 16.8. The minimum Gasteiger partial charge on any atom is -0.494 e. The molecule has 2 rings (SSSR count). The Morgan fingerprint density at radius 2 is 1.48 bits per heavy atom. The van der Waals surface area contributed by atoms with Gasteiger partial charge in [-0.15, -0.1) is 0 Å². The van der Waals surface area contributed by atoms with Gasteiger partial charge < -0.3 is 4.74 Å². The number of ketones is 1. The predicted octanol–water partition coefficient (Wildman–Crippen LogP) is 4.40. The van der Waals surface area contributed by atoms with Crippen LogP contribution in [0.3, 0.4) is 0 Å². The number of aryl methyl sites for hydroxylation is 1. The van der Waals surface area contributed by atoms with Crippen LogP contribution in [0.4, 0.5) is 0 Å². The summed E-state index contributed by atoms with van der Waals surface area (Å²) in [7, 11) is 0. The van der Waals surface area contributed by atoms with E-state index in [1.54, 1.807) is 0 Å². The van der Waals surface area contributed by atoms with Crippen molar-refractivity contribution in [1.82, 2.24) is 0 Å². The molecule has 2 aromatic rings. The first-order chi connectivity index (χ1) is 11.2. The molecule has 0 aliphatic carbocycles. The highest BCUT2D eigenvalue weighted by molar-refractivity contribution is 5.78. The maximum Gasteiger partial charge on any atom is 0.132 e. The quantitative estimate of drug-likeness (QED) is 0.740. The normalized spacial score (nSPS) is 9.83. The molecule has 2 heteroatoms. The smallest absolute Gasteiger partial charge is 0.132 e. The van der Waals surface area contributed by atoms with Gasteiger partial charge in [0.25, 0.3) is 0 Å². The van der Waals surface area contributed by atoms with Gasteiger partial charge in [0.15, 0.2) is 0 Å². The van der Waals surface area contributed by atoms with Crippen LogP contribution in [0.2, 0.25) is 0 Å². The molecule has 2 nitrogen and oxygen atoms in total. The van der Waals surface area contributed by atoms with Crippen LogP contribution in [0, 0.1) is 11.8 Å². The zero-order chi connectivity index (χ0) is 16.5. The third-order valence-electron chi connectivity index (χ3n) is 3.56. The van der Waals surface area contributed by atoms with E-state index < -0.39 is 0 Å². The van der Waals surface area contributed by atoms with E-state index in [2.05, 4.69) is 11.8 Å². The third kappa shape index (κ3) is 5.64. The van der Waals surface area contributed by atoms with Crippen LogP contribution in [0.15, 0.2) is 48.5 Å². The van der Waals surface area contributed by atoms with E-state index in [0.717, 1.165) is 23.3 Å². The summed E-state index contributed by atoms with van der Waals surface area (Å²) < 4.78 is 5.41. The first-order valence-corrected chi connectivity index (χ1v) is 8.06. The molecular weight excluding hydrogens is 284 g/mol. The molecule has 0 aliphatic rings. The minimum absolute atomic E-state index is 0.310. The fraction of sp³-hybridized carbons (Fsp3) is 0.286. The van der Waals surface area contributed by atoms with E-state index in [4.69, 9.17) is 4.74 Å². The van der Waals surface area contributed by atoms with Crippen molar-refractivity contribution in [3.63, 3.8) is 0 Å². The molecule has 0 aliphatic heterocycles. The van der Waals surface area contributed by atoms with E-state index in [0.29, 0.717) is 25.2 Å². The lowest BCUT2D eigenvalue weighted by Gasteiger charge is -2.01. The Hall–Kier alpha value is -2.53. The molecule has 0 saturated carbocycles. The van der Waals surface area contributed by atoms with Crippen LogP contribution < -0.4 is 4.74 Å². The van der Waals surface area contributed by atoms with Gasteiger partial charge in [-0.3, -0.25) is 4.79 Å². The van der Waals surface area contributed by atoms with Crippen LogP contribution in [0.1, 0.15) is 43.4 Å². The summed E-state index contributed by atoms with van der Waals surface area (Å²) in [5.74, 6) is 7.48. The molecule has 0 radical (unpaired) electrons. The van der Waals surface area contributed by atoms with Crippen LogP contribution in [-0.2, 0) is 11.2 Å². The largest absolute Gasteiger partial charge is 0.494 e. The van der Waals surface area contributed by atoms with Gasteiger partial charge in [0.05, 0.1) is 6.61 Å². The van der Waals surface area contributed by atoms with Crippen molar-refractivity contribution >= 4 is 5.78 Å². The first-order valence-electron chi connectivity index (χ1n) is 8.06. The molecule has 0 spiro atoms. The Kier molecular flexibility index (Phi) is 6.44. The molecule has 0 unspecified atom stereocenters. The third-order valence-corrected chi connectivity index (χ3v) is 3.56. The van der Waals surface area contributed by atoms with Crippen LogP contribution >= 0.6 is 0 Å². The fourth-order valence-electron chi connectivity index (χ4n) is 2.16. The molecule has 0 N–H and O–H groups in total. The van der Waals surface area contributed by atoms with E-state index in [1.165, 1.54) is 5.56 Å². The van der Waals surface area contributed by atoms with Crippen molar-refractivity contribution in [1.29, 1.82) is 0 Å². The Morgan fingerprint density at radius 1 is 0.913 bits per heavy atom. The summed E-state index contributed by atoms with van der Waals surface area (Å²) in [4.78, 5) is 11.3. The molecule has 0 aromatic heterocycles. The SMILES string of the molecule is CCOc1ccc(C#Cc2ccc(CCC(=O)CC)cc2)cc1. The van der Waals surface area contributed by atoms with E-state index in [-0.39, 0.29) is 0 Å². The number of carbonyl (C=O) groups is 1. The van der Waals surface area contributed by atoms with E-state index >= 15 is 0 Å². The maximum absolute atomic E-state index is 11.3. The summed E-state index contributed by atoms with van der Waals surface area (Å²) in [5, 5.41) is 0. The average Bonchev–Trinajstić information content (AvgIpc) is 2.60. The number of benzene rings is 2. The Bertz CT molecular complexity index is 685. The lowest BCUT2D eigenvalue weighted by molar-refractivity contribution is -0.118. The topological polar surface area (TPSA) is 26.3 Å². The molecule has 0 bridgehead atoms. The number of carbonyl (C=O) groups excluding carboxylic acids is 1. The van der Waals surface area contributed by atoms with Crippen LogP contribution in [-0.4, -0.2) is 12.4 Å². The number of Topliss-reactive ketones (excluding diaryl/α,β-unsaturated/α-hetero) is 1. The fourth-order valence-corrected chi connectivity index (χ4v) is 2.16. The number of ether oxygens (including phenoxy) is 1. The predicted molar refractivity (Wildman–Crippen MR) is 93.7 cm³/mol. The average molecular weight is 306 g/mol. The molecule has 0 atom stereocenters. The van der Waals surface area contributed by atoms with Gasteiger partial charge in [0.1, 0.15) is 11.5 Å². The zero-order valence-corrected chi connectivity index (χ0v) is 13.8. The van der Waals surface area contributed by atoms with Gasteiger partial charge in [0.2, 0.25) is 0 Å². The van der Waals surface area contributed by atoms with Crippen molar-refractivity contribution in [2.24, 2.45) is 0 Å². The van der Waals surface area contributed by atoms with Crippen LogP contribution in [0.5, 0.6) is 5.75 Å². The summed E-state index contributed by atoms with van der Waals surface area (Å²) >= 11 is 0. The second kappa shape index (κ2) is 8.80. The highest BCUT2D eigenvalue weighted by Crippen LogP contribution is 2.12. The molecular formula is C21H22O2. The van der Waals surface area contributed by atoms with Crippen molar-refractivity contribution in [2.75, 3.05) is 6.61 Å². The van der Waals surface area contributed by atoms with Gasteiger partial charge >= 0.3 is 0 Å². The molecule has 0 fully saturated rings. The molecule has 0 heterocycles. The summed E-state index contributed by atoms with van der Waals surface area (Å²) in [5.41, 5.74) is 3.12. The van der Waals surface area contributed by atoms with Crippen LogP contribution in [0.25, 0.3) is 0 Å². The van der Waals surface area contributed by atoms with E-state index in [9.17, 15) is 4.79 Å². The van der Waals surface area contributed by atoms with Gasteiger partial charge in [-0.25, -0.2) is 0 Å². The molecule has 2 aromatic carbocycles. The van der Waals surface area contributed by atoms with Crippen molar-refractivity contribution < 1.29 is 9.53 Å². The number of hydrogen-bond acceptors (Lipinski definition) is 2. The Balaban J connectivity index is 1.97. The standard InChI is InChI=1S/C21H22O2/c1-3-20(22)14-11-18-8-5-17(6-9-18)7-10-19-12-15-21(16-13-19)23-4-2/h5-6,8-9,12-13,15-16H,3-4,11,14H2,1-2H3. The second-order valence-electron chi connectivity index (χ2n) is 5.30. The minimum atomic E-state index is 0.310. The molecule has 0 saturated heterocycles. The van der Waals surface area contributed by atoms with Crippen molar-refractivity contribution in [3.8, 4) is 17.6 Å². The summed E-state index contributed by atoms with van der Waals surface area (Å²) in [6.07, 6.45) is 2.04. The van der Waals surface area contributed by atoms with Gasteiger partial charge in [-0.1, -0.05) is 30.9 Å². The van der Waals surface area contributed by atoms with Crippen molar-refractivity contribution in [2.45, 2.75) is 33.1 Å². The monoisotopic (exact) mass is 306 g/mol. The number of rotatable bonds is 6. The lowest BCUT2D eigenvalue weighted by atomic mass is 10.0. The van der Waals surface area contributed by atoms with Crippen molar-refractivity contribution in [3.05, 3.63) is 65.2 Å². The molecule has 23 heavy (non-hydrogen) atoms. The highest BCUT2D eigenvalue weighted by Gasteiger charge is 1.99. The maximum atomic E-state index is 11.3.